The van der Waals surface area contributed by atoms with Crippen molar-refractivity contribution >= 4 is 5.95 Å². The lowest BCUT2D eigenvalue weighted by molar-refractivity contribution is -0.139. The van der Waals surface area contributed by atoms with Crippen LogP contribution >= 0.6 is 0 Å². The molecule has 188 valence electrons. The largest absolute Gasteiger partial charge is 0.421 e. The third kappa shape index (κ3) is 5.70. The van der Waals surface area contributed by atoms with Gasteiger partial charge in [0.05, 0.1) is 30.3 Å². The van der Waals surface area contributed by atoms with Gasteiger partial charge in [-0.3, -0.25) is 4.79 Å². The van der Waals surface area contributed by atoms with E-state index in [0.717, 1.165) is 18.6 Å². The smallest absolute Gasteiger partial charge is 0.369 e. The molecule has 1 fully saturated rings. The normalized spacial score (nSPS) is 15.3. The van der Waals surface area contributed by atoms with Crippen LogP contribution in [0.5, 0.6) is 0 Å². The molecule has 0 bridgehead atoms. The highest BCUT2D eigenvalue weighted by molar-refractivity contribution is 5.37. The molecule has 16 heteroatoms. The van der Waals surface area contributed by atoms with Crippen molar-refractivity contribution in [2.24, 2.45) is 0 Å². The van der Waals surface area contributed by atoms with E-state index in [-0.39, 0.29) is 30.6 Å². The van der Waals surface area contributed by atoms with E-state index in [0.29, 0.717) is 35.7 Å². The predicted octanol–water partition coefficient (Wildman–Crippen LogP) is 2.13. The molecule has 11 nitrogen and oxygen atoms in total. The molecule has 1 aliphatic heterocycles. The maximum Gasteiger partial charge on any atom is 0.421 e. The van der Waals surface area contributed by atoms with Gasteiger partial charge in [-0.1, -0.05) is 5.16 Å². The average molecular weight is 502 g/mol. The van der Waals surface area contributed by atoms with Gasteiger partial charge in [0, 0.05) is 25.5 Å². The Kier molecular flexibility index (Phi) is 6.90. The summed E-state index contributed by atoms with van der Waals surface area (Å²) in [6.07, 6.45) is -4.38. The van der Waals surface area contributed by atoms with Crippen molar-refractivity contribution in [2.75, 3.05) is 30.0 Å². The van der Waals surface area contributed by atoms with Gasteiger partial charge in [0.15, 0.2) is 5.82 Å². The lowest BCUT2D eigenvalue weighted by Crippen LogP contribution is -2.46. The Morgan fingerprint density at radius 1 is 1.26 bits per heavy atom. The second kappa shape index (κ2) is 9.89. The van der Waals surface area contributed by atoms with Crippen LogP contribution in [-0.4, -0.2) is 55.7 Å². The van der Waals surface area contributed by atoms with Crippen molar-refractivity contribution in [3.8, 4) is 0 Å². The molecule has 1 N–H and O–H groups in total. The fourth-order valence-corrected chi connectivity index (χ4v) is 3.19. The number of nitrogens with one attached hydrogen (secondary N) is 1. The van der Waals surface area contributed by atoms with Crippen molar-refractivity contribution < 1.29 is 31.2 Å². The second-order valence-electron chi connectivity index (χ2n) is 7.77. The lowest BCUT2D eigenvalue weighted by Gasteiger charge is -2.37. The summed E-state index contributed by atoms with van der Waals surface area (Å²) in [5.74, 6) is 0.895. The van der Waals surface area contributed by atoms with Crippen molar-refractivity contribution in [3.05, 3.63) is 57.9 Å². The Labute approximate surface area is 193 Å². The minimum absolute atomic E-state index is 0.00519. The van der Waals surface area contributed by atoms with Crippen LogP contribution in [0.2, 0.25) is 0 Å². The summed E-state index contributed by atoms with van der Waals surface area (Å²) >= 11 is 0. The van der Waals surface area contributed by atoms with Crippen LogP contribution in [0.4, 0.5) is 27.9 Å². The SMILES string of the molecule is CC(COCc1nc(C2CN(c3ncc(C(F)F)cn3)C2)no1)Nn1nccc(C(F)(F)F)c1=O. The summed E-state index contributed by atoms with van der Waals surface area (Å²) in [4.78, 5) is 26.3. The van der Waals surface area contributed by atoms with E-state index in [4.69, 9.17) is 9.26 Å². The number of hydrogen-bond acceptors (Lipinski definition) is 10. The van der Waals surface area contributed by atoms with Gasteiger partial charge in [-0.15, -0.1) is 4.79 Å². The monoisotopic (exact) mass is 502 g/mol. The zero-order valence-corrected chi connectivity index (χ0v) is 18.1. The van der Waals surface area contributed by atoms with E-state index in [1.165, 1.54) is 0 Å². The van der Waals surface area contributed by atoms with Gasteiger partial charge in [0.2, 0.25) is 5.95 Å². The molecule has 0 aromatic carbocycles. The third-order valence-electron chi connectivity index (χ3n) is 5.01. The van der Waals surface area contributed by atoms with Crippen LogP contribution < -0.4 is 15.9 Å². The highest BCUT2D eigenvalue weighted by Crippen LogP contribution is 2.29. The fourth-order valence-electron chi connectivity index (χ4n) is 3.19. The van der Waals surface area contributed by atoms with Gasteiger partial charge in [-0.2, -0.15) is 23.3 Å². The summed E-state index contributed by atoms with van der Waals surface area (Å²) in [7, 11) is 0. The Morgan fingerprint density at radius 2 is 1.97 bits per heavy atom. The van der Waals surface area contributed by atoms with Crippen LogP contribution in [0.3, 0.4) is 0 Å². The molecule has 1 aliphatic rings. The summed E-state index contributed by atoms with van der Waals surface area (Å²) in [5, 5.41) is 7.49. The van der Waals surface area contributed by atoms with Gasteiger partial charge in [-0.05, 0) is 13.0 Å². The van der Waals surface area contributed by atoms with Gasteiger partial charge < -0.3 is 19.6 Å². The molecule has 1 saturated heterocycles. The molecule has 0 spiro atoms. The maximum absolute atomic E-state index is 12.8. The van der Waals surface area contributed by atoms with Crippen LogP contribution in [0.1, 0.15) is 42.1 Å². The molecule has 0 amide bonds. The molecule has 4 rings (SSSR count). The van der Waals surface area contributed by atoms with E-state index >= 15 is 0 Å². The number of aromatic nitrogens is 6. The highest BCUT2D eigenvalue weighted by atomic mass is 19.4. The number of ether oxygens (including phenoxy) is 1. The fraction of sp³-hybridized carbons (Fsp3) is 0.474. The van der Waals surface area contributed by atoms with E-state index in [2.05, 4.69) is 30.6 Å². The summed E-state index contributed by atoms with van der Waals surface area (Å²) in [6.45, 7) is 2.50. The van der Waals surface area contributed by atoms with Gasteiger partial charge >= 0.3 is 6.18 Å². The van der Waals surface area contributed by atoms with Crippen molar-refractivity contribution in [3.63, 3.8) is 0 Å². The minimum atomic E-state index is -4.79. The molecular formula is C19H19F5N8O3. The summed E-state index contributed by atoms with van der Waals surface area (Å²) in [6, 6.07) is 0.0365. The molecule has 3 aromatic rings. The molecule has 0 aliphatic carbocycles. The number of nitrogens with zero attached hydrogens (tertiary/aromatic N) is 7. The molecule has 0 saturated carbocycles. The second-order valence-corrected chi connectivity index (χ2v) is 7.77. The van der Waals surface area contributed by atoms with Crippen molar-refractivity contribution in [1.29, 1.82) is 0 Å². The Morgan fingerprint density at radius 3 is 2.63 bits per heavy atom. The Bertz CT molecular complexity index is 1190. The zero-order chi connectivity index (χ0) is 25.2. The maximum atomic E-state index is 12.8. The molecule has 1 atom stereocenters. The zero-order valence-electron chi connectivity index (χ0n) is 18.1. The van der Waals surface area contributed by atoms with E-state index in [1.807, 2.05) is 0 Å². The number of anilines is 1. The Hall–Kier alpha value is -3.69. The summed E-state index contributed by atoms with van der Waals surface area (Å²) in [5.41, 5.74) is -0.387. The van der Waals surface area contributed by atoms with Crippen LogP contribution in [-0.2, 0) is 17.5 Å². The molecular weight excluding hydrogens is 483 g/mol. The first-order valence-corrected chi connectivity index (χ1v) is 10.3. The third-order valence-corrected chi connectivity index (χ3v) is 5.01. The van der Waals surface area contributed by atoms with Crippen molar-refractivity contribution in [2.45, 2.75) is 38.1 Å². The first kappa shape index (κ1) is 24.4. The number of hydrogen-bond donors (Lipinski definition) is 1. The quantitative estimate of drug-likeness (QED) is 0.435. The standard InChI is InChI=1S/C19H19F5N8O3/c1-10(29-32-17(33)13(2-3-27-32)19(22,23)24)8-34-9-14-28-16(30-35-14)12-6-31(7-12)18-25-4-11(5-26-18)15(20)21/h2-5,10,12,15,29H,6-9H2,1H3. The van der Waals surface area contributed by atoms with E-state index in [1.54, 1.807) is 11.8 Å². The van der Waals surface area contributed by atoms with Gasteiger partial charge in [-0.25, -0.2) is 18.7 Å². The Balaban J connectivity index is 1.23. The molecule has 3 aromatic heterocycles. The number of rotatable bonds is 9. The minimum Gasteiger partial charge on any atom is -0.369 e. The van der Waals surface area contributed by atoms with Crippen LogP contribution in [0.15, 0.2) is 34.0 Å². The molecule has 0 radical (unpaired) electrons. The highest BCUT2D eigenvalue weighted by Gasteiger charge is 2.35. The average Bonchev–Trinajstić information content (AvgIpc) is 3.22. The predicted molar refractivity (Wildman–Crippen MR) is 108 cm³/mol. The first-order valence-electron chi connectivity index (χ1n) is 10.3. The topological polar surface area (TPSA) is 124 Å². The number of halogens is 5. The van der Waals surface area contributed by atoms with Crippen LogP contribution in [0, 0.1) is 0 Å². The first-order chi connectivity index (χ1) is 16.6. The molecule has 1 unspecified atom stereocenters. The lowest BCUT2D eigenvalue weighted by atomic mass is 10.0. The van der Waals surface area contributed by atoms with Crippen molar-refractivity contribution in [1.82, 2.24) is 30.0 Å². The molecule has 35 heavy (non-hydrogen) atoms. The number of alkyl halides is 5. The molecule has 4 heterocycles. The van der Waals surface area contributed by atoms with E-state index < -0.39 is 29.8 Å². The summed E-state index contributed by atoms with van der Waals surface area (Å²) < 4.78 is 74.3. The van der Waals surface area contributed by atoms with Crippen LogP contribution in [0.25, 0.3) is 0 Å². The van der Waals surface area contributed by atoms with E-state index in [9.17, 15) is 26.7 Å². The van der Waals surface area contributed by atoms with Gasteiger partial charge in [0.25, 0.3) is 17.9 Å². The van der Waals surface area contributed by atoms with Gasteiger partial charge in [0.1, 0.15) is 12.2 Å².